The fraction of sp³-hybridized carbons (Fsp3) is 0.667. The first-order chi connectivity index (χ1) is 5.63. The van der Waals surface area contributed by atoms with Crippen LogP contribution in [0, 0.1) is 0 Å². The van der Waals surface area contributed by atoms with Crippen molar-refractivity contribution in [1.82, 2.24) is 9.80 Å². The Kier molecular flexibility index (Phi) is 2.87. The number of amides is 1. The molecule has 68 valence electrons. The zero-order chi connectivity index (χ0) is 9.14. The van der Waals surface area contributed by atoms with Crippen molar-refractivity contribution in [3.63, 3.8) is 0 Å². The van der Waals surface area contributed by atoms with Crippen LogP contribution in [-0.4, -0.2) is 36.0 Å². The molecule has 0 saturated carbocycles. The summed E-state index contributed by atoms with van der Waals surface area (Å²) in [5, 5.41) is 0. The minimum absolute atomic E-state index is 0.115. The second-order valence-corrected chi connectivity index (χ2v) is 3.33. The molecular weight excluding hydrogens is 152 g/mol. The summed E-state index contributed by atoms with van der Waals surface area (Å²) < 4.78 is 0. The third-order valence-electron chi connectivity index (χ3n) is 2.14. The molecule has 1 heterocycles. The van der Waals surface area contributed by atoms with Crippen LogP contribution in [0.15, 0.2) is 12.3 Å². The molecule has 0 bridgehead atoms. The maximum Gasteiger partial charge on any atom is 0.224 e. The highest BCUT2D eigenvalue weighted by molar-refractivity contribution is 5.74. The summed E-state index contributed by atoms with van der Waals surface area (Å²) in [7, 11) is 4.00. The minimum atomic E-state index is 0.115. The van der Waals surface area contributed by atoms with Gasteiger partial charge in [-0.05, 0) is 26.9 Å². The van der Waals surface area contributed by atoms with Gasteiger partial charge in [0.05, 0.1) is 6.17 Å². The molecule has 1 rings (SSSR count). The summed E-state index contributed by atoms with van der Waals surface area (Å²) in [6.07, 6.45) is 6.26. The van der Waals surface area contributed by atoms with E-state index in [9.17, 15) is 4.79 Å². The lowest BCUT2D eigenvalue weighted by molar-refractivity contribution is -0.131. The molecule has 0 aliphatic carbocycles. The predicted molar refractivity (Wildman–Crippen MR) is 48.4 cm³/mol. The Morgan fingerprint density at radius 2 is 2.25 bits per heavy atom. The Bertz CT molecular complexity index is 199. The zero-order valence-corrected chi connectivity index (χ0v) is 7.95. The van der Waals surface area contributed by atoms with Gasteiger partial charge in [0.1, 0.15) is 0 Å². The fourth-order valence-electron chi connectivity index (χ4n) is 1.49. The highest BCUT2D eigenvalue weighted by atomic mass is 16.2. The van der Waals surface area contributed by atoms with Crippen molar-refractivity contribution < 1.29 is 4.79 Å². The summed E-state index contributed by atoms with van der Waals surface area (Å²) in [5.74, 6) is 0.115. The molecule has 0 radical (unpaired) electrons. The van der Waals surface area contributed by atoms with E-state index in [-0.39, 0.29) is 12.1 Å². The van der Waals surface area contributed by atoms with E-state index in [1.165, 1.54) is 0 Å². The molecule has 0 unspecified atom stereocenters. The van der Waals surface area contributed by atoms with Crippen LogP contribution in [-0.2, 0) is 4.79 Å². The highest BCUT2D eigenvalue weighted by Gasteiger charge is 2.22. The molecule has 3 heteroatoms. The van der Waals surface area contributed by atoms with E-state index in [1.807, 2.05) is 26.4 Å². The van der Waals surface area contributed by atoms with Crippen LogP contribution in [0.25, 0.3) is 0 Å². The average molecular weight is 168 g/mol. The molecule has 0 aromatic rings. The standard InChI is InChI=1S/C9H16N2O/c1-8(12)11-7-5-4-6-9(11)10(2)3/h5,7,9H,4,6H2,1-3H3/t9-/m0/s1. The molecular formula is C9H16N2O. The van der Waals surface area contributed by atoms with Crippen molar-refractivity contribution in [2.45, 2.75) is 25.9 Å². The van der Waals surface area contributed by atoms with Crippen LogP contribution in [0.1, 0.15) is 19.8 Å². The summed E-state index contributed by atoms with van der Waals surface area (Å²) in [5.41, 5.74) is 0. The molecule has 0 fully saturated rings. The Labute approximate surface area is 73.6 Å². The number of hydrogen-bond donors (Lipinski definition) is 0. The van der Waals surface area contributed by atoms with Gasteiger partial charge in [0.25, 0.3) is 0 Å². The van der Waals surface area contributed by atoms with Crippen LogP contribution >= 0.6 is 0 Å². The first-order valence-electron chi connectivity index (χ1n) is 4.25. The van der Waals surface area contributed by atoms with Crippen molar-refractivity contribution in [3.8, 4) is 0 Å². The van der Waals surface area contributed by atoms with Crippen molar-refractivity contribution >= 4 is 5.91 Å². The molecule has 0 aromatic heterocycles. The predicted octanol–water partition coefficient (Wildman–Crippen LogP) is 1.03. The van der Waals surface area contributed by atoms with Gasteiger partial charge in [-0.1, -0.05) is 6.08 Å². The maximum atomic E-state index is 11.2. The second-order valence-electron chi connectivity index (χ2n) is 3.33. The van der Waals surface area contributed by atoms with Crippen LogP contribution in [0.4, 0.5) is 0 Å². The molecule has 1 aliphatic heterocycles. The SMILES string of the molecule is CC(=O)N1C=CCC[C@H]1N(C)C. The van der Waals surface area contributed by atoms with Gasteiger partial charge in [0, 0.05) is 13.1 Å². The van der Waals surface area contributed by atoms with E-state index in [1.54, 1.807) is 11.8 Å². The van der Waals surface area contributed by atoms with Gasteiger partial charge in [-0.2, -0.15) is 0 Å². The van der Waals surface area contributed by atoms with E-state index in [2.05, 4.69) is 4.90 Å². The lowest BCUT2D eigenvalue weighted by atomic mass is 10.1. The van der Waals surface area contributed by atoms with Gasteiger partial charge in [-0.15, -0.1) is 0 Å². The zero-order valence-electron chi connectivity index (χ0n) is 7.95. The lowest BCUT2D eigenvalue weighted by Crippen LogP contribution is -2.45. The number of carbonyl (C=O) groups is 1. The smallest absolute Gasteiger partial charge is 0.224 e. The van der Waals surface area contributed by atoms with Gasteiger partial charge in [-0.25, -0.2) is 0 Å². The molecule has 0 spiro atoms. The van der Waals surface area contributed by atoms with Crippen LogP contribution in [0.5, 0.6) is 0 Å². The van der Waals surface area contributed by atoms with Gasteiger partial charge in [0.2, 0.25) is 5.91 Å². The number of hydrogen-bond acceptors (Lipinski definition) is 2. The van der Waals surface area contributed by atoms with E-state index >= 15 is 0 Å². The molecule has 0 aromatic carbocycles. The van der Waals surface area contributed by atoms with Crippen LogP contribution in [0.2, 0.25) is 0 Å². The normalized spacial score (nSPS) is 23.3. The van der Waals surface area contributed by atoms with Gasteiger partial charge in [-0.3, -0.25) is 9.69 Å². The van der Waals surface area contributed by atoms with E-state index in [0.29, 0.717) is 0 Å². The van der Waals surface area contributed by atoms with Crippen molar-refractivity contribution in [2.75, 3.05) is 14.1 Å². The minimum Gasteiger partial charge on any atom is -0.303 e. The van der Waals surface area contributed by atoms with E-state index in [0.717, 1.165) is 12.8 Å². The molecule has 1 atom stereocenters. The fourth-order valence-corrected chi connectivity index (χ4v) is 1.49. The Morgan fingerprint density at radius 1 is 1.58 bits per heavy atom. The summed E-state index contributed by atoms with van der Waals surface area (Å²) in [4.78, 5) is 15.0. The van der Waals surface area contributed by atoms with Crippen molar-refractivity contribution in [2.24, 2.45) is 0 Å². The third-order valence-corrected chi connectivity index (χ3v) is 2.14. The monoisotopic (exact) mass is 168 g/mol. The largest absolute Gasteiger partial charge is 0.303 e. The van der Waals surface area contributed by atoms with E-state index < -0.39 is 0 Å². The Morgan fingerprint density at radius 3 is 2.67 bits per heavy atom. The highest BCUT2D eigenvalue weighted by Crippen LogP contribution is 2.16. The Balaban J connectivity index is 2.72. The Hall–Kier alpha value is -0.830. The first-order valence-corrected chi connectivity index (χ1v) is 4.25. The number of carbonyl (C=O) groups excluding carboxylic acids is 1. The van der Waals surface area contributed by atoms with Gasteiger partial charge in [0.15, 0.2) is 0 Å². The van der Waals surface area contributed by atoms with Crippen LogP contribution in [0.3, 0.4) is 0 Å². The number of nitrogens with zero attached hydrogens (tertiary/aromatic N) is 2. The lowest BCUT2D eigenvalue weighted by Gasteiger charge is -2.35. The van der Waals surface area contributed by atoms with E-state index in [4.69, 9.17) is 0 Å². The maximum absolute atomic E-state index is 11.2. The average Bonchev–Trinajstić information content (AvgIpc) is 2.04. The molecule has 0 N–H and O–H groups in total. The van der Waals surface area contributed by atoms with Crippen LogP contribution < -0.4 is 0 Å². The molecule has 0 saturated heterocycles. The molecule has 1 amide bonds. The molecule has 1 aliphatic rings. The number of allylic oxidation sites excluding steroid dienone is 1. The summed E-state index contributed by atoms with van der Waals surface area (Å²) >= 11 is 0. The first kappa shape index (κ1) is 9.26. The topological polar surface area (TPSA) is 23.6 Å². The van der Waals surface area contributed by atoms with Gasteiger partial charge >= 0.3 is 0 Å². The second kappa shape index (κ2) is 3.72. The van der Waals surface area contributed by atoms with Crippen molar-refractivity contribution in [1.29, 1.82) is 0 Å². The van der Waals surface area contributed by atoms with Gasteiger partial charge < -0.3 is 4.90 Å². The molecule has 3 nitrogen and oxygen atoms in total. The third kappa shape index (κ3) is 1.85. The van der Waals surface area contributed by atoms with Crippen molar-refractivity contribution in [3.05, 3.63) is 12.3 Å². The molecule has 12 heavy (non-hydrogen) atoms. The summed E-state index contributed by atoms with van der Waals surface area (Å²) in [6.45, 7) is 1.60. The number of rotatable bonds is 1. The quantitative estimate of drug-likeness (QED) is 0.584. The summed E-state index contributed by atoms with van der Waals surface area (Å²) in [6, 6.07) is 0.